The minimum Gasteiger partial charge on any atom is -0.475 e. The molecule has 0 spiro atoms. The molecule has 5 nitrogen and oxygen atoms in total. The highest BCUT2D eigenvalue weighted by atomic mass is 35.5. The van der Waals surface area contributed by atoms with Crippen molar-refractivity contribution in [2.75, 3.05) is 39.5 Å². The fourth-order valence-corrected chi connectivity index (χ4v) is 3.23. The molecule has 0 unspecified atom stereocenters. The van der Waals surface area contributed by atoms with E-state index in [1.807, 2.05) is 53.3 Å². The SMILES string of the molecule is Clc1ccc(-n2cc(-c3ccccc3)c(OCCN3CCOCC3)n2)cc1. The number of halogens is 1. The Morgan fingerprint density at radius 3 is 2.48 bits per heavy atom. The lowest BCUT2D eigenvalue weighted by atomic mass is 10.1. The zero-order valence-electron chi connectivity index (χ0n) is 15.1. The van der Waals surface area contributed by atoms with Crippen LogP contribution in [0.5, 0.6) is 5.88 Å². The van der Waals surface area contributed by atoms with E-state index in [1.54, 1.807) is 0 Å². The van der Waals surface area contributed by atoms with E-state index in [2.05, 4.69) is 22.1 Å². The highest BCUT2D eigenvalue weighted by Gasteiger charge is 2.15. The van der Waals surface area contributed by atoms with Crippen LogP contribution in [0.3, 0.4) is 0 Å². The van der Waals surface area contributed by atoms with Crippen LogP contribution in [0.4, 0.5) is 0 Å². The van der Waals surface area contributed by atoms with Crippen molar-refractivity contribution in [2.24, 2.45) is 0 Å². The molecule has 1 aromatic heterocycles. The van der Waals surface area contributed by atoms with Gasteiger partial charge in [-0.25, -0.2) is 4.68 Å². The van der Waals surface area contributed by atoms with Gasteiger partial charge in [-0.05, 0) is 29.8 Å². The average molecular weight is 384 g/mol. The number of benzene rings is 2. The Hall–Kier alpha value is -2.34. The van der Waals surface area contributed by atoms with E-state index in [0.717, 1.165) is 49.7 Å². The zero-order valence-corrected chi connectivity index (χ0v) is 15.8. The normalized spacial score (nSPS) is 15.0. The summed E-state index contributed by atoms with van der Waals surface area (Å²) in [6.45, 7) is 4.95. The second-order valence-electron chi connectivity index (χ2n) is 6.44. The summed E-state index contributed by atoms with van der Waals surface area (Å²) in [6, 6.07) is 17.8. The largest absolute Gasteiger partial charge is 0.475 e. The van der Waals surface area contributed by atoms with Crippen LogP contribution in [-0.2, 0) is 4.74 Å². The minimum atomic E-state index is 0.595. The Labute approximate surface area is 164 Å². The highest BCUT2D eigenvalue weighted by Crippen LogP contribution is 2.30. The van der Waals surface area contributed by atoms with Crippen LogP contribution in [0, 0.1) is 0 Å². The summed E-state index contributed by atoms with van der Waals surface area (Å²) in [7, 11) is 0. The Morgan fingerprint density at radius 2 is 1.74 bits per heavy atom. The number of hydrogen-bond acceptors (Lipinski definition) is 4. The molecule has 1 saturated heterocycles. The van der Waals surface area contributed by atoms with Gasteiger partial charge in [0.25, 0.3) is 0 Å². The van der Waals surface area contributed by atoms with E-state index in [1.165, 1.54) is 0 Å². The van der Waals surface area contributed by atoms with Gasteiger partial charge in [0.2, 0.25) is 5.88 Å². The predicted octanol–water partition coefficient (Wildman–Crippen LogP) is 3.90. The van der Waals surface area contributed by atoms with Crippen LogP contribution in [-0.4, -0.2) is 54.1 Å². The smallest absolute Gasteiger partial charge is 0.241 e. The van der Waals surface area contributed by atoms with Crippen molar-refractivity contribution in [1.82, 2.24) is 14.7 Å². The summed E-state index contributed by atoms with van der Waals surface area (Å²) in [4.78, 5) is 2.35. The fraction of sp³-hybridized carbons (Fsp3) is 0.286. The molecular formula is C21H22ClN3O2. The van der Waals surface area contributed by atoms with E-state index < -0.39 is 0 Å². The van der Waals surface area contributed by atoms with Crippen molar-refractivity contribution in [3.63, 3.8) is 0 Å². The molecule has 1 aliphatic rings. The third-order valence-electron chi connectivity index (χ3n) is 4.61. The number of rotatable bonds is 6. The number of morpholine rings is 1. The highest BCUT2D eigenvalue weighted by molar-refractivity contribution is 6.30. The number of nitrogens with zero attached hydrogens (tertiary/aromatic N) is 3. The molecule has 6 heteroatoms. The van der Waals surface area contributed by atoms with Gasteiger partial charge < -0.3 is 9.47 Å². The Kier molecular flexibility index (Phi) is 5.72. The molecule has 0 N–H and O–H groups in total. The van der Waals surface area contributed by atoms with E-state index in [9.17, 15) is 0 Å². The lowest BCUT2D eigenvalue weighted by molar-refractivity contribution is 0.0320. The number of hydrogen-bond donors (Lipinski definition) is 0. The van der Waals surface area contributed by atoms with Gasteiger partial charge in [-0.3, -0.25) is 4.90 Å². The summed E-state index contributed by atoms with van der Waals surface area (Å²) >= 11 is 6.01. The van der Waals surface area contributed by atoms with Gasteiger partial charge in [-0.15, -0.1) is 5.10 Å². The molecule has 3 aromatic rings. The molecule has 2 aromatic carbocycles. The first-order valence-corrected chi connectivity index (χ1v) is 9.51. The third kappa shape index (κ3) is 4.50. The monoisotopic (exact) mass is 383 g/mol. The molecule has 0 atom stereocenters. The molecule has 140 valence electrons. The molecular weight excluding hydrogens is 362 g/mol. The summed E-state index contributed by atoms with van der Waals surface area (Å²) in [6.07, 6.45) is 2.00. The van der Waals surface area contributed by atoms with Crippen LogP contribution in [0.2, 0.25) is 5.02 Å². The van der Waals surface area contributed by atoms with Crippen molar-refractivity contribution in [3.8, 4) is 22.7 Å². The Balaban J connectivity index is 1.55. The maximum atomic E-state index is 6.08. The van der Waals surface area contributed by atoms with Crippen LogP contribution in [0.25, 0.3) is 16.8 Å². The summed E-state index contributed by atoms with van der Waals surface area (Å²) in [5.74, 6) is 0.643. The standard InChI is InChI=1S/C21H22ClN3O2/c22-18-6-8-19(9-7-18)25-16-20(17-4-2-1-3-5-17)21(23-25)27-15-12-24-10-13-26-14-11-24/h1-9,16H,10-15H2. The molecule has 2 heterocycles. The van der Waals surface area contributed by atoms with Crippen molar-refractivity contribution in [1.29, 1.82) is 0 Å². The number of aromatic nitrogens is 2. The molecule has 4 rings (SSSR count). The third-order valence-corrected chi connectivity index (χ3v) is 4.86. The van der Waals surface area contributed by atoms with Gasteiger partial charge in [0.15, 0.2) is 0 Å². The molecule has 0 saturated carbocycles. The maximum absolute atomic E-state index is 6.08. The molecule has 0 aliphatic carbocycles. The van der Waals surface area contributed by atoms with Crippen LogP contribution >= 0.6 is 11.6 Å². The average Bonchev–Trinajstić information content (AvgIpc) is 3.14. The molecule has 27 heavy (non-hydrogen) atoms. The maximum Gasteiger partial charge on any atom is 0.241 e. The summed E-state index contributed by atoms with van der Waals surface area (Å²) in [5, 5.41) is 5.38. The van der Waals surface area contributed by atoms with Gasteiger partial charge >= 0.3 is 0 Å². The zero-order chi connectivity index (χ0) is 18.5. The van der Waals surface area contributed by atoms with Crippen molar-refractivity contribution >= 4 is 11.6 Å². The van der Waals surface area contributed by atoms with E-state index in [4.69, 9.17) is 21.1 Å². The van der Waals surface area contributed by atoms with Crippen LogP contribution in [0.15, 0.2) is 60.8 Å². The molecule has 0 amide bonds. The molecule has 1 aliphatic heterocycles. The Bertz CT molecular complexity index is 859. The fourth-order valence-electron chi connectivity index (χ4n) is 3.10. The minimum absolute atomic E-state index is 0.595. The van der Waals surface area contributed by atoms with Gasteiger partial charge in [-0.1, -0.05) is 41.9 Å². The lowest BCUT2D eigenvalue weighted by Gasteiger charge is -2.26. The summed E-state index contributed by atoms with van der Waals surface area (Å²) < 4.78 is 13.3. The van der Waals surface area contributed by atoms with Crippen molar-refractivity contribution < 1.29 is 9.47 Å². The van der Waals surface area contributed by atoms with E-state index >= 15 is 0 Å². The summed E-state index contributed by atoms with van der Waals surface area (Å²) in [5.41, 5.74) is 3.01. The van der Waals surface area contributed by atoms with Crippen LogP contribution in [0.1, 0.15) is 0 Å². The van der Waals surface area contributed by atoms with Crippen LogP contribution < -0.4 is 4.74 Å². The molecule has 0 radical (unpaired) electrons. The second kappa shape index (κ2) is 8.57. The van der Waals surface area contributed by atoms with Gasteiger partial charge in [0.1, 0.15) is 6.61 Å². The lowest BCUT2D eigenvalue weighted by Crippen LogP contribution is -2.38. The van der Waals surface area contributed by atoms with Gasteiger partial charge in [0, 0.05) is 30.9 Å². The first-order chi connectivity index (χ1) is 13.3. The van der Waals surface area contributed by atoms with Crippen molar-refractivity contribution in [3.05, 3.63) is 65.8 Å². The first-order valence-electron chi connectivity index (χ1n) is 9.13. The first kappa shape index (κ1) is 18.0. The quantitative estimate of drug-likeness (QED) is 0.647. The predicted molar refractivity (Wildman–Crippen MR) is 107 cm³/mol. The van der Waals surface area contributed by atoms with Gasteiger partial charge in [-0.2, -0.15) is 0 Å². The molecule has 0 bridgehead atoms. The van der Waals surface area contributed by atoms with Gasteiger partial charge in [0.05, 0.1) is 24.5 Å². The Morgan fingerprint density at radius 1 is 1.00 bits per heavy atom. The van der Waals surface area contributed by atoms with Crippen molar-refractivity contribution in [2.45, 2.75) is 0 Å². The number of ether oxygens (including phenoxy) is 2. The van der Waals surface area contributed by atoms with E-state index in [-0.39, 0.29) is 0 Å². The molecule has 1 fully saturated rings. The topological polar surface area (TPSA) is 39.5 Å². The second-order valence-corrected chi connectivity index (χ2v) is 6.87. The van der Waals surface area contributed by atoms with E-state index in [0.29, 0.717) is 17.5 Å².